The molecule has 0 spiro atoms. The third kappa shape index (κ3) is 2.54. The summed E-state index contributed by atoms with van der Waals surface area (Å²) in [6.45, 7) is 4.46. The molecular formula is C17H18FNO. The summed E-state index contributed by atoms with van der Waals surface area (Å²) in [5, 5.41) is 3.30. The van der Waals surface area contributed by atoms with E-state index in [2.05, 4.69) is 18.3 Å². The molecule has 2 aromatic carbocycles. The van der Waals surface area contributed by atoms with Crippen molar-refractivity contribution in [1.82, 2.24) is 5.32 Å². The summed E-state index contributed by atoms with van der Waals surface area (Å²) in [6, 6.07) is 11.1. The summed E-state index contributed by atoms with van der Waals surface area (Å²) in [5.41, 5.74) is 4.34. The first-order chi connectivity index (χ1) is 9.78. The third-order valence-electron chi connectivity index (χ3n) is 3.64. The Balaban J connectivity index is 2.01. The van der Waals surface area contributed by atoms with Crippen molar-refractivity contribution in [2.45, 2.75) is 19.9 Å². The minimum Gasteiger partial charge on any atom is -0.493 e. The molecule has 0 unspecified atom stereocenters. The molecule has 0 bridgehead atoms. The van der Waals surface area contributed by atoms with Gasteiger partial charge in [0.2, 0.25) is 0 Å². The van der Waals surface area contributed by atoms with Crippen molar-refractivity contribution in [3.05, 3.63) is 53.3 Å². The molecule has 0 amide bonds. The second kappa shape index (κ2) is 5.63. The highest BCUT2D eigenvalue weighted by atomic mass is 19.1. The lowest BCUT2D eigenvalue weighted by Gasteiger charge is -2.11. The molecule has 0 aliphatic carbocycles. The number of benzene rings is 2. The molecule has 104 valence electrons. The van der Waals surface area contributed by atoms with Gasteiger partial charge in [0.25, 0.3) is 0 Å². The normalized spacial score (nSPS) is 13.1. The van der Waals surface area contributed by atoms with Crippen LogP contribution in [0.2, 0.25) is 0 Å². The third-order valence-corrected chi connectivity index (χ3v) is 3.64. The van der Waals surface area contributed by atoms with Crippen molar-refractivity contribution in [2.75, 3.05) is 13.2 Å². The molecule has 0 saturated carbocycles. The van der Waals surface area contributed by atoms with E-state index in [0.717, 1.165) is 48.6 Å². The zero-order chi connectivity index (χ0) is 13.9. The number of nitrogens with one attached hydrogen (secondary N) is 1. The molecule has 3 heteroatoms. The molecule has 1 aliphatic rings. The fourth-order valence-electron chi connectivity index (χ4n) is 2.59. The lowest BCUT2D eigenvalue weighted by Crippen LogP contribution is -2.12. The van der Waals surface area contributed by atoms with Crippen LogP contribution < -0.4 is 10.1 Å². The maximum Gasteiger partial charge on any atom is 0.123 e. The molecule has 2 aromatic rings. The van der Waals surface area contributed by atoms with E-state index in [9.17, 15) is 4.39 Å². The lowest BCUT2D eigenvalue weighted by atomic mass is 9.97. The molecule has 0 fully saturated rings. The Hall–Kier alpha value is -1.87. The van der Waals surface area contributed by atoms with Crippen LogP contribution in [0.25, 0.3) is 11.1 Å². The van der Waals surface area contributed by atoms with Crippen LogP contribution in [0.1, 0.15) is 18.1 Å². The fourth-order valence-corrected chi connectivity index (χ4v) is 2.59. The number of rotatable bonds is 4. The van der Waals surface area contributed by atoms with E-state index in [1.165, 1.54) is 11.6 Å². The van der Waals surface area contributed by atoms with Gasteiger partial charge in [0.1, 0.15) is 11.6 Å². The maximum atomic E-state index is 13.6. The van der Waals surface area contributed by atoms with Crippen LogP contribution in [0.5, 0.6) is 5.75 Å². The van der Waals surface area contributed by atoms with Crippen LogP contribution in [-0.2, 0) is 13.0 Å². The summed E-state index contributed by atoms with van der Waals surface area (Å²) >= 11 is 0. The monoisotopic (exact) mass is 271 g/mol. The van der Waals surface area contributed by atoms with Gasteiger partial charge in [-0.1, -0.05) is 19.1 Å². The van der Waals surface area contributed by atoms with Gasteiger partial charge in [-0.15, -0.1) is 0 Å². The van der Waals surface area contributed by atoms with Gasteiger partial charge in [-0.05, 0) is 53.1 Å². The standard InChI is InChI=1S/C17H18FNO/c1-2-19-11-14-3-5-15(18)10-16(14)12-4-6-17-13(9-12)7-8-20-17/h3-6,9-10,19H,2,7-8,11H2,1H3. The van der Waals surface area contributed by atoms with Crippen LogP contribution in [0.4, 0.5) is 4.39 Å². The molecular weight excluding hydrogens is 253 g/mol. The largest absolute Gasteiger partial charge is 0.493 e. The first-order valence-corrected chi connectivity index (χ1v) is 7.03. The van der Waals surface area contributed by atoms with E-state index in [-0.39, 0.29) is 5.82 Å². The highest BCUT2D eigenvalue weighted by Gasteiger charge is 2.14. The van der Waals surface area contributed by atoms with E-state index in [1.807, 2.05) is 18.2 Å². The Morgan fingerprint density at radius 1 is 1.20 bits per heavy atom. The number of hydrogen-bond acceptors (Lipinski definition) is 2. The number of ether oxygens (including phenoxy) is 1. The minimum absolute atomic E-state index is 0.197. The molecule has 0 saturated heterocycles. The topological polar surface area (TPSA) is 21.3 Å². The average molecular weight is 271 g/mol. The van der Waals surface area contributed by atoms with E-state index >= 15 is 0 Å². The van der Waals surface area contributed by atoms with Gasteiger partial charge in [0.05, 0.1) is 6.61 Å². The van der Waals surface area contributed by atoms with Crippen molar-refractivity contribution >= 4 is 0 Å². The molecule has 0 aromatic heterocycles. The second-order valence-corrected chi connectivity index (χ2v) is 5.00. The van der Waals surface area contributed by atoms with Crippen molar-refractivity contribution in [2.24, 2.45) is 0 Å². The van der Waals surface area contributed by atoms with Gasteiger partial charge < -0.3 is 10.1 Å². The van der Waals surface area contributed by atoms with Crippen molar-refractivity contribution in [3.8, 4) is 16.9 Å². The van der Waals surface area contributed by atoms with Crippen LogP contribution >= 0.6 is 0 Å². The van der Waals surface area contributed by atoms with Crippen LogP contribution in [-0.4, -0.2) is 13.2 Å². The zero-order valence-corrected chi connectivity index (χ0v) is 11.6. The Morgan fingerprint density at radius 3 is 2.95 bits per heavy atom. The maximum absolute atomic E-state index is 13.6. The van der Waals surface area contributed by atoms with E-state index in [4.69, 9.17) is 4.74 Å². The van der Waals surface area contributed by atoms with Gasteiger partial charge in [-0.25, -0.2) is 4.39 Å². The van der Waals surface area contributed by atoms with Gasteiger partial charge in [-0.3, -0.25) is 0 Å². The Bertz CT molecular complexity index is 624. The molecule has 3 rings (SSSR count). The molecule has 1 heterocycles. The molecule has 2 nitrogen and oxygen atoms in total. The highest BCUT2D eigenvalue weighted by molar-refractivity contribution is 5.69. The lowest BCUT2D eigenvalue weighted by molar-refractivity contribution is 0.357. The van der Waals surface area contributed by atoms with Gasteiger partial charge >= 0.3 is 0 Å². The quantitative estimate of drug-likeness (QED) is 0.918. The van der Waals surface area contributed by atoms with Crippen LogP contribution in [0.15, 0.2) is 36.4 Å². The number of halogens is 1. The highest BCUT2D eigenvalue weighted by Crippen LogP contribution is 2.32. The Labute approximate surface area is 118 Å². The van der Waals surface area contributed by atoms with Gasteiger partial charge in [0, 0.05) is 13.0 Å². The summed E-state index contributed by atoms with van der Waals surface area (Å²) in [4.78, 5) is 0. The first kappa shape index (κ1) is 13.1. The average Bonchev–Trinajstić information content (AvgIpc) is 2.93. The van der Waals surface area contributed by atoms with Crippen molar-refractivity contribution in [3.63, 3.8) is 0 Å². The van der Waals surface area contributed by atoms with E-state index in [1.54, 1.807) is 6.07 Å². The van der Waals surface area contributed by atoms with Crippen molar-refractivity contribution < 1.29 is 9.13 Å². The summed E-state index contributed by atoms with van der Waals surface area (Å²) in [7, 11) is 0. The Kier molecular flexibility index (Phi) is 3.70. The molecule has 0 atom stereocenters. The first-order valence-electron chi connectivity index (χ1n) is 7.03. The molecule has 1 N–H and O–H groups in total. The number of hydrogen-bond donors (Lipinski definition) is 1. The summed E-state index contributed by atoms with van der Waals surface area (Å²) in [6.07, 6.45) is 0.932. The SMILES string of the molecule is CCNCc1ccc(F)cc1-c1ccc2c(c1)CCO2. The second-order valence-electron chi connectivity index (χ2n) is 5.00. The smallest absolute Gasteiger partial charge is 0.123 e. The van der Waals surface area contributed by atoms with Crippen molar-refractivity contribution in [1.29, 1.82) is 0 Å². The van der Waals surface area contributed by atoms with Gasteiger partial charge in [0.15, 0.2) is 0 Å². The minimum atomic E-state index is -0.197. The van der Waals surface area contributed by atoms with Crippen LogP contribution in [0, 0.1) is 5.82 Å². The Morgan fingerprint density at radius 2 is 2.10 bits per heavy atom. The summed E-state index contributed by atoms with van der Waals surface area (Å²) < 4.78 is 19.1. The zero-order valence-electron chi connectivity index (χ0n) is 11.6. The fraction of sp³-hybridized carbons (Fsp3) is 0.294. The van der Waals surface area contributed by atoms with E-state index in [0.29, 0.717) is 0 Å². The van der Waals surface area contributed by atoms with Crippen LogP contribution in [0.3, 0.4) is 0 Å². The molecule has 1 aliphatic heterocycles. The molecule has 20 heavy (non-hydrogen) atoms. The van der Waals surface area contributed by atoms with E-state index < -0.39 is 0 Å². The molecule has 0 radical (unpaired) electrons. The number of fused-ring (bicyclic) bond motifs is 1. The summed E-state index contributed by atoms with van der Waals surface area (Å²) in [5.74, 6) is 0.760. The predicted molar refractivity (Wildman–Crippen MR) is 78.4 cm³/mol. The predicted octanol–water partition coefficient (Wildman–Crippen LogP) is 3.54. The van der Waals surface area contributed by atoms with Gasteiger partial charge in [-0.2, -0.15) is 0 Å².